The van der Waals surface area contributed by atoms with E-state index in [4.69, 9.17) is 34.8 Å². The Balaban J connectivity index is 1.85. The Hall–Kier alpha value is -1.20. The molecule has 0 fully saturated rings. The van der Waals surface area contributed by atoms with Crippen LogP contribution < -0.4 is 0 Å². The minimum absolute atomic E-state index is 0.0807. The fraction of sp³-hybridized carbons (Fsp3) is 0.333. The number of ketones is 1. The number of benzene rings is 1. The van der Waals surface area contributed by atoms with Crippen molar-refractivity contribution in [2.45, 2.75) is 37.5 Å². The first-order chi connectivity index (χ1) is 11.8. The normalized spacial score (nSPS) is 22.5. The van der Waals surface area contributed by atoms with E-state index in [-0.39, 0.29) is 42.0 Å². The summed E-state index contributed by atoms with van der Waals surface area (Å²) in [7, 11) is 0. The van der Waals surface area contributed by atoms with Crippen LogP contribution >= 0.6 is 34.8 Å². The smallest absolute Gasteiger partial charge is 0.195 e. The number of aliphatic hydroxyl groups excluding tert-OH is 1. The number of Topliss-reactive ketones (excluding diaryl/α,β-unsaturated/α-hetero) is 1. The van der Waals surface area contributed by atoms with Gasteiger partial charge in [0.25, 0.3) is 0 Å². The van der Waals surface area contributed by atoms with Gasteiger partial charge < -0.3 is 5.11 Å². The molecule has 0 saturated heterocycles. The number of pyridine rings is 1. The first kappa shape index (κ1) is 18.6. The maximum Gasteiger partial charge on any atom is 0.195 e. The molecule has 7 heteroatoms. The van der Waals surface area contributed by atoms with E-state index >= 15 is 4.39 Å². The van der Waals surface area contributed by atoms with Gasteiger partial charge in [-0.2, -0.15) is 0 Å². The molecule has 0 spiro atoms. The van der Waals surface area contributed by atoms with E-state index < -0.39 is 17.6 Å². The van der Waals surface area contributed by atoms with Crippen LogP contribution in [-0.2, 0) is 16.9 Å². The van der Waals surface area contributed by atoms with Crippen LogP contribution in [0.15, 0.2) is 30.5 Å². The van der Waals surface area contributed by atoms with Gasteiger partial charge in [0.2, 0.25) is 0 Å². The van der Waals surface area contributed by atoms with Gasteiger partial charge in [-0.1, -0.05) is 40.9 Å². The lowest BCUT2D eigenvalue weighted by Crippen LogP contribution is -2.36. The molecule has 132 valence electrons. The summed E-state index contributed by atoms with van der Waals surface area (Å²) >= 11 is 18.2. The Bertz CT molecular complexity index is 830. The number of alkyl halides is 1. The molecule has 1 heterocycles. The maximum absolute atomic E-state index is 15.5. The van der Waals surface area contributed by atoms with E-state index in [1.54, 1.807) is 18.2 Å². The summed E-state index contributed by atoms with van der Waals surface area (Å²) in [5, 5.41) is 11.0. The van der Waals surface area contributed by atoms with Gasteiger partial charge in [-0.3, -0.25) is 9.78 Å². The second-order valence-corrected chi connectivity index (χ2v) is 7.23. The summed E-state index contributed by atoms with van der Waals surface area (Å²) in [6, 6.07) is 6.22. The van der Waals surface area contributed by atoms with Gasteiger partial charge in [-0.15, -0.1) is 0 Å². The van der Waals surface area contributed by atoms with Gasteiger partial charge in [0.1, 0.15) is 0 Å². The number of aliphatic hydroxyl groups is 1. The molecule has 3 rings (SSSR count). The van der Waals surface area contributed by atoms with Crippen LogP contribution in [0.1, 0.15) is 42.2 Å². The molecule has 0 amide bonds. The summed E-state index contributed by atoms with van der Waals surface area (Å²) in [4.78, 5) is 16.7. The fourth-order valence-electron chi connectivity index (χ4n) is 3.15. The van der Waals surface area contributed by atoms with Gasteiger partial charge >= 0.3 is 0 Å². The average Bonchev–Trinajstić information content (AvgIpc) is 2.61. The number of halogens is 4. The van der Waals surface area contributed by atoms with Crippen LogP contribution in [0.3, 0.4) is 0 Å². The highest BCUT2D eigenvalue weighted by atomic mass is 35.5. The molecule has 0 bridgehead atoms. The van der Waals surface area contributed by atoms with E-state index in [1.807, 2.05) is 0 Å². The van der Waals surface area contributed by atoms with Crippen molar-refractivity contribution < 1.29 is 14.3 Å². The molecule has 2 aromatic rings. The minimum atomic E-state index is -2.17. The lowest BCUT2D eigenvalue weighted by Gasteiger charge is -2.32. The van der Waals surface area contributed by atoms with E-state index in [0.717, 1.165) is 0 Å². The number of carbonyl (C=O) groups excluding carboxylic acids is 1. The van der Waals surface area contributed by atoms with Gasteiger partial charge in [0.15, 0.2) is 11.5 Å². The summed E-state index contributed by atoms with van der Waals surface area (Å²) < 4.78 is 15.5. The third-order valence-electron chi connectivity index (χ3n) is 4.53. The molecular weight excluding hydrogens is 388 g/mol. The Labute approximate surface area is 159 Å². The van der Waals surface area contributed by atoms with E-state index in [1.165, 1.54) is 12.3 Å². The van der Waals surface area contributed by atoms with E-state index in [2.05, 4.69) is 4.98 Å². The van der Waals surface area contributed by atoms with Gasteiger partial charge in [-0.05, 0) is 43.0 Å². The largest absolute Gasteiger partial charge is 0.387 e. The molecule has 0 radical (unpaired) electrons. The predicted molar refractivity (Wildman–Crippen MR) is 96.0 cm³/mol. The highest BCUT2D eigenvalue weighted by molar-refractivity contribution is 6.44. The highest BCUT2D eigenvalue weighted by Gasteiger charge is 2.45. The zero-order chi connectivity index (χ0) is 18.2. The van der Waals surface area contributed by atoms with Crippen LogP contribution in [0.4, 0.5) is 4.39 Å². The van der Waals surface area contributed by atoms with Gasteiger partial charge in [-0.25, -0.2) is 4.39 Å². The minimum Gasteiger partial charge on any atom is -0.387 e. The van der Waals surface area contributed by atoms with Crippen molar-refractivity contribution in [3.63, 3.8) is 0 Å². The fourth-order valence-corrected chi connectivity index (χ4v) is 3.89. The van der Waals surface area contributed by atoms with Crippen molar-refractivity contribution in [1.82, 2.24) is 4.98 Å². The molecule has 0 unspecified atom stereocenters. The van der Waals surface area contributed by atoms with Gasteiger partial charge in [0.05, 0.1) is 21.8 Å². The molecule has 1 aromatic carbocycles. The van der Waals surface area contributed by atoms with Crippen molar-refractivity contribution in [2.75, 3.05) is 0 Å². The number of rotatable bonds is 4. The van der Waals surface area contributed by atoms with Gasteiger partial charge in [0, 0.05) is 23.2 Å². The number of fused-ring (bicyclic) bond motifs is 1. The lowest BCUT2D eigenvalue weighted by molar-refractivity contribution is -0.133. The monoisotopic (exact) mass is 401 g/mol. The Morgan fingerprint density at radius 2 is 2.00 bits per heavy atom. The topological polar surface area (TPSA) is 50.2 Å². The second kappa shape index (κ2) is 7.20. The first-order valence-corrected chi connectivity index (χ1v) is 8.96. The van der Waals surface area contributed by atoms with E-state index in [9.17, 15) is 9.90 Å². The summed E-state index contributed by atoms with van der Waals surface area (Å²) in [5.41, 5.74) is -1.28. The first-order valence-electron chi connectivity index (χ1n) is 7.82. The third-order valence-corrected chi connectivity index (χ3v) is 5.72. The molecule has 25 heavy (non-hydrogen) atoms. The van der Waals surface area contributed by atoms with Crippen LogP contribution in [0.5, 0.6) is 0 Å². The van der Waals surface area contributed by atoms with Crippen molar-refractivity contribution in [3.05, 3.63) is 62.4 Å². The Morgan fingerprint density at radius 1 is 1.28 bits per heavy atom. The average molecular weight is 403 g/mol. The number of carbonyl (C=O) groups is 1. The standard InChI is InChI=1S/C18H15Cl3FNO2/c19-12-4-5-13(20)16(21)10(12)3-6-15(25)18(22)8-7-14(24)17-11(18)2-1-9-23-17/h1-2,4-5,9,14,24H,3,6-8H2/t14-,18-/m1/s1. The quantitative estimate of drug-likeness (QED) is 0.712. The SMILES string of the molecule is O=C(CCc1c(Cl)ccc(Cl)c1Cl)[C@@]1(F)CC[C@@H](O)c2ncccc21. The Morgan fingerprint density at radius 3 is 2.76 bits per heavy atom. The molecule has 2 atom stereocenters. The van der Waals surface area contributed by atoms with Crippen LogP contribution in [-0.4, -0.2) is 15.9 Å². The zero-order valence-electron chi connectivity index (χ0n) is 13.1. The number of nitrogens with zero attached hydrogens (tertiary/aromatic N) is 1. The maximum atomic E-state index is 15.5. The Kier molecular flexibility index (Phi) is 5.35. The molecular formula is C18H15Cl3FNO2. The number of aromatic nitrogens is 1. The van der Waals surface area contributed by atoms with E-state index in [0.29, 0.717) is 15.6 Å². The van der Waals surface area contributed by atoms with Crippen molar-refractivity contribution in [3.8, 4) is 0 Å². The van der Waals surface area contributed by atoms with Crippen molar-refractivity contribution in [1.29, 1.82) is 0 Å². The molecule has 1 aliphatic carbocycles. The molecule has 3 nitrogen and oxygen atoms in total. The van der Waals surface area contributed by atoms with Crippen LogP contribution in [0.2, 0.25) is 15.1 Å². The number of hydrogen-bond donors (Lipinski definition) is 1. The van der Waals surface area contributed by atoms with Crippen LogP contribution in [0, 0.1) is 0 Å². The summed E-state index contributed by atoms with van der Waals surface area (Å²) in [5.74, 6) is -0.583. The molecule has 1 aliphatic rings. The predicted octanol–water partition coefficient (Wildman–Crippen LogP) is 5.24. The molecule has 1 N–H and O–H groups in total. The molecule has 1 aromatic heterocycles. The summed E-state index contributed by atoms with van der Waals surface area (Å²) in [6.07, 6.45) is 0.781. The summed E-state index contributed by atoms with van der Waals surface area (Å²) in [6.45, 7) is 0. The van der Waals surface area contributed by atoms with Crippen molar-refractivity contribution in [2.24, 2.45) is 0 Å². The third kappa shape index (κ3) is 3.41. The second-order valence-electron chi connectivity index (χ2n) is 6.04. The number of hydrogen-bond acceptors (Lipinski definition) is 3. The lowest BCUT2D eigenvalue weighted by atomic mass is 9.77. The molecule has 0 saturated carbocycles. The molecule has 0 aliphatic heterocycles. The van der Waals surface area contributed by atoms with Crippen molar-refractivity contribution >= 4 is 40.6 Å². The highest BCUT2D eigenvalue weighted by Crippen LogP contribution is 2.43. The zero-order valence-corrected chi connectivity index (χ0v) is 15.4. The van der Waals surface area contributed by atoms with Crippen LogP contribution in [0.25, 0.3) is 0 Å².